The quantitative estimate of drug-likeness (QED) is 0.660. The lowest BCUT2D eigenvalue weighted by atomic mass is 9.82. The first-order chi connectivity index (χ1) is 12.0. The summed E-state index contributed by atoms with van der Waals surface area (Å²) in [5, 5.41) is 13.9. The number of halogens is 1. The first-order valence-corrected chi connectivity index (χ1v) is 9.77. The number of hydrogen-bond acceptors (Lipinski definition) is 3. The van der Waals surface area contributed by atoms with E-state index in [0.29, 0.717) is 23.8 Å². The molecule has 0 spiro atoms. The summed E-state index contributed by atoms with van der Waals surface area (Å²) in [4.78, 5) is 12.3. The second-order valence-electron chi connectivity index (χ2n) is 7.35. The fourth-order valence-corrected chi connectivity index (χ4v) is 4.08. The van der Waals surface area contributed by atoms with E-state index in [1.54, 1.807) is 7.05 Å². The summed E-state index contributed by atoms with van der Waals surface area (Å²) < 4.78 is 0. The molecule has 0 radical (unpaired) electrons. The topological polar surface area (TPSA) is 75.3 Å². The molecule has 1 saturated carbocycles. The van der Waals surface area contributed by atoms with E-state index in [1.165, 1.54) is 32.1 Å². The third-order valence-electron chi connectivity index (χ3n) is 5.34. The Morgan fingerprint density at radius 3 is 2.72 bits per heavy atom. The molecule has 1 aromatic carbocycles. The molecule has 0 heterocycles. The van der Waals surface area contributed by atoms with E-state index in [0.717, 1.165) is 12.0 Å². The molecule has 0 unspecified atom stereocenters. The van der Waals surface area contributed by atoms with E-state index in [9.17, 15) is 9.90 Å². The first-order valence-electron chi connectivity index (χ1n) is 9.39. The molecule has 25 heavy (non-hydrogen) atoms. The Balaban J connectivity index is 1.94. The second-order valence-corrected chi connectivity index (χ2v) is 7.79. The van der Waals surface area contributed by atoms with Gasteiger partial charge < -0.3 is 16.2 Å². The Morgan fingerprint density at radius 1 is 1.36 bits per heavy atom. The van der Waals surface area contributed by atoms with Gasteiger partial charge in [0.1, 0.15) is 0 Å². The molecule has 1 aliphatic carbocycles. The highest BCUT2D eigenvalue weighted by molar-refractivity contribution is 6.30. The summed E-state index contributed by atoms with van der Waals surface area (Å²) in [6.45, 7) is 0. The molecule has 1 aromatic rings. The van der Waals surface area contributed by atoms with Crippen LogP contribution in [0.5, 0.6) is 0 Å². The largest absolute Gasteiger partial charge is 0.391 e. The minimum Gasteiger partial charge on any atom is -0.391 e. The number of nitrogens with one attached hydrogen (secondary N) is 1. The lowest BCUT2D eigenvalue weighted by molar-refractivity contribution is -0.125. The molecular formula is C20H31ClN2O2. The Bertz CT molecular complexity index is 546. The van der Waals surface area contributed by atoms with Crippen molar-refractivity contribution in [2.75, 3.05) is 7.05 Å². The fourth-order valence-electron chi connectivity index (χ4n) is 3.87. The molecular weight excluding hydrogens is 336 g/mol. The Morgan fingerprint density at radius 2 is 2.08 bits per heavy atom. The van der Waals surface area contributed by atoms with Crippen LogP contribution in [0.3, 0.4) is 0 Å². The predicted molar refractivity (Wildman–Crippen MR) is 103 cm³/mol. The van der Waals surface area contributed by atoms with Crippen molar-refractivity contribution in [3.8, 4) is 0 Å². The van der Waals surface area contributed by atoms with E-state index in [1.807, 2.05) is 24.3 Å². The zero-order chi connectivity index (χ0) is 18.2. The maximum Gasteiger partial charge on any atom is 0.223 e. The summed E-state index contributed by atoms with van der Waals surface area (Å²) in [7, 11) is 1.63. The number of rotatable bonds is 8. The summed E-state index contributed by atoms with van der Waals surface area (Å²) in [5.74, 6) is 0.240. The second kappa shape index (κ2) is 10.1. The van der Waals surface area contributed by atoms with Crippen molar-refractivity contribution in [2.45, 2.75) is 63.5 Å². The van der Waals surface area contributed by atoms with Crippen LogP contribution in [-0.4, -0.2) is 30.2 Å². The standard InChI is InChI=1S/C20H31ClN2O2/c1-23-20(25)16(10-15-8-5-9-17(21)11-15)13-19(24)18(22)12-14-6-3-2-4-7-14/h5,8-9,11,14,16,18-19,24H,2-4,6-7,10,12-13,22H2,1H3,(H,23,25)/t16-,18+,19+/m1/s1. The number of aliphatic hydroxyl groups is 1. The summed E-state index contributed by atoms with van der Waals surface area (Å²) in [5.41, 5.74) is 7.25. The molecule has 1 aliphatic rings. The molecule has 140 valence electrons. The lowest BCUT2D eigenvalue weighted by Gasteiger charge is -2.28. The van der Waals surface area contributed by atoms with Crippen LogP contribution in [0.15, 0.2) is 24.3 Å². The van der Waals surface area contributed by atoms with Crippen molar-refractivity contribution in [3.05, 3.63) is 34.9 Å². The molecule has 5 heteroatoms. The van der Waals surface area contributed by atoms with E-state index >= 15 is 0 Å². The Hall–Kier alpha value is -1.10. The van der Waals surface area contributed by atoms with Gasteiger partial charge in [-0.15, -0.1) is 0 Å². The van der Waals surface area contributed by atoms with Gasteiger partial charge in [-0.25, -0.2) is 0 Å². The van der Waals surface area contributed by atoms with Crippen LogP contribution in [0.2, 0.25) is 5.02 Å². The molecule has 0 bridgehead atoms. The first kappa shape index (κ1) is 20.2. The smallest absolute Gasteiger partial charge is 0.223 e. The molecule has 4 nitrogen and oxygen atoms in total. The lowest BCUT2D eigenvalue weighted by Crippen LogP contribution is -2.41. The van der Waals surface area contributed by atoms with Crippen LogP contribution < -0.4 is 11.1 Å². The van der Waals surface area contributed by atoms with Crippen LogP contribution in [0, 0.1) is 11.8 Å². The Kier molecular flexibility index (Phi) is 8.20. The van der Waals surface area contributed by atoms with Crippen LogP contribution in [-0.2, 0) is 11.2 Å². The third kappa shape index (κ3) is 6.61. The van der Waals surface area contributed by atoms with Crippen LogP contribution in [0.25, 0.3) is 0 Å². The minimum atomic E-state index is -0.664. The number of aliphatic hydroxyl groups excluding tert-OH is 1. The van der Waals surface area contributed by atoms with Gasteiger partial charge in [0.05, 0.1) is 6.10 Å². The van der Waals surface area contributed by atoms with Gasteiger partial charge in [-0.05, 0) is 42.9 Å². The number of hydrogen-bond donors (Lipinski definition) is 3. The van der Waals surface area contributed by atoms with Gasteiger partial charge >= 0.3 is 0 Å². The highest BCUT2D eigenvalue weighted by Gasteiger charge is 2.27. The van der Waals surface area contributed by atoms with Gasteiger partial charge in [0.15, 0.2) is 0 Å². The van der Waals surface area contributed by atoms with Crippen molar-refractivity contribution in [2.24, 2.45) is 17.6 Å². The average molecular weight is 367 g/mol. The highest BCUT2D eigenvalue weighted by atomic mass is 35.5. The van der Waals surface area contributed by atoms with Gasteiger partial charge in [-0.2, -0.15) is 0 Å². The molecule has 2 rings (SSSR count). The van der Waals surface area contributed by atoms with E-state index < -0.39 is 6.10 Å². The average Bonchev–Trinajstić information content (AvgIpc) is 2.61. The Labute approximate surface area is 156 Å². The molecule has 0 aliphatic heterocycles. The van der Waals surface area contributed by atoms with Crippen LogP contribution >= 0.6 is 11.6 Å². The zero-order valence-corrected chi connectivity index (χ0v) is 15.8. The van der Waals surface area contributed by atoms with Gasteiger partial charge in [0.25, 0.3) is 0 Å². The number of amides is 1. The third-order valence-corrected chi connectivity index (χ3v) is 5.57. The summed E-state index contributed by atoms with van der Waals surface area (Å²) in [6.07, 6.45) is 7.37. The van der Waals surface area contributed by atoms with E-state index in [4.69, 9.17) is 17.3 Å². The maximum absolute atomic E-state index is 12.3. The molecule has 4 N–H and O–H groups in total. The minimum absolute atomic E-state index is 0.0658. The monoisotopic (exact) mass is 366 g/mol. The van der Waals surface area contributed by atoms with E-state index in [2.05, 4.69) is 5.32 Å². The molecule has 1 amide bonds. The van der Waals surface area contributed by atoms with Crippen molar-refractivity contribution in [1.82, 2.24) is 5.32 Å². The van der Waals surface area contributed by atoms with Crippen LogP contribution in [0.1, 0.15) is 50.5 Å². The highest BCUT2D eigenvalue weighted by Crippen LogP contribution is 2.28. The van der Waals surface area contributed by atoms with Crippen molar-refractivity contribution in [1.29, 1.82) is 0 Å². The maximum atomic E-state index is 12.3. The number of carbonyl (C=O) groups is 1. The van der Waals surface area contributed by atoms with Crippen molar-refractivity contribution < 1.29 is 9.90 Å². The summed E-state index contributed by atoms with van der Waals surface area (Å²) >= 11 is 6.04. The molecule has 0 saturated heterocycles. The van der Waals surface area contributed by atoms with Crippen molar-refractivity contribution >= 4 is 17.5 Å². The van der Waals surface area contributed by atoms with Gasteiger partial charge in [0, 0.05) is 24.0 Å². The van der Waals surface area contributed by atoms with Gasteiger partial charge in [0.2, 0.25) is 5.91 Å². The zero-order valence-electron chi connectivity index (χ0n) is 15.1. The van der Waals surface area contributed by atoms with Crippen LogP contribution in [0.4, 0.5) is 0 Å². The van der Waals surface area contributed by atoms with Gasteiger partial charge in [-0.3, -0.25) is 4.79 Å². The molecule has 1 fully saturated rings. The fraction of sp³-hybridized carbons (Fsp3) is 0.650. The van der Waals surface area contributed by atoms with Crippen molar-refractivity contribution in [3.63, 3.8) is 0 Å². The number of carbonyl (C=O) groups excluding carboxylic acids is 1. The number of nitrogens with two attached hydrogens (primary N) is 1. The number of benzene rings is 1. The molecule has 0 aromatic heterocycles. The predicted octanol–water partition coefficient (Wildman–Crippen LogP) is 3.29. The molecule has 3 atom stereocenters. The van der Waals surface area contributed by atoms with Gasteiger partial charge in [-0.1, -0.05) is 55.8 Å². The SMILES string of the molecule is CNC(=O)[C@H](Cc1cccc(Cl)c1)C[C@H](O)[C@@H](N)CC1CCCCC1. The van der Waals surface area contributed by atoms with E-state index in [-0.39, 0.29) is 17.9 Å². The normalized spacial score (nSPS) is 19.2. The summed E-state index contributed by atoms with van der Waals surface area (Å²) in [6, 6.07) is 7.25.